The van der Waals surface area contributed by atoms with E-state index in [0.29, 0.717) is 11.7 Å². The highest BCUT2D eigenvalue weighted by atomic mass is 16.3. The van der Waals surface area contributed by atoms with Crippen molar-refractivity contribution in [2.75, 3.05) is 6.61 Å². The molecule has 1 N–H and O–H groups in total. The summed E-state index contributed by atoms with van der Waals surface area (Å²) in [6.07, 6.45) is 5.13. The zero-order valence-corrected chi connectivity index (χ0v) is 11.9. The molecule has 2 atom stereocenters. The van der Waals surface area contributed by atoms with Gasteiger partial charge in [0.2, 0.25) is 0 Å². The molecule has 2 heteroatoms. The molecule has 0 aliphatic heterocycles. The molecule has 0 spiro atoms. The van der Waals surface area contributed by atoms with Gasteiger partial charge in [-0.1, -0.05) is 38.8 Å². The van der Waals surface area contributed by atoms with Gasteiger partial charge >= 0.3 is 0 Å². The molecular formula is C16H24O2. The third kappa shape index (κ3) is 1.97. The Hall–Kier alpha value is -0.890. The Morgan fingerprint density at radius 2 is 2.11 bits per heavy atom. The van der Waals surface area contributed by atoms with E-state index >= 15 is 0 Å². The van der Waals surface area contributed by atoms with Crippen LogP contribution < -0.4 is 0 Å². The highest BCUT2D eigenvalue weighted by Crippen LogP contribution is 2.48. The number of allylic oxidation sites excluding steroid dienone is 3. The standard InChI is InChI=1S/C16H24O2/c1-5-6-13-10(2)14-11(7-12(13)9-17)8-16(3,4)15(14)18/h7,12-13,17H,5-6,8-9H2,1-4H3. The molecule has 1 fully saturated rings. The van der Waals surface area contributed by atoms with Crippen molar-refractivity contribution in [3.05, 3.63) is 22.8 Å². The number of ketones is 1. The summed E-state index contributed by atoms with van der Waals surface area (Å²) in [4.78, 5) is 12.5. The van der Waals surface area contributed by atoms with E-state index in [1.54, 1.807) is 0 Å². The third-order valence-corrected chi connectivity index (χ3v) is 4.49. The van der Waals surface area contributed by atoms with Gasteiger partial charge in [-0.25, -0.2) is 0 Å². The van der Waals surface area contributed by atoms with Gasteiger partial charge in [0.25, 0.3) is 0 Å². The van der Waals surface area contributed by atoms with Crippen molar-refractivity contribution < 1.29 is 9.90 Å². The minimum Gasteiger partial charge on any atom is -0.396 e. The topological polar surface area (TPSA) is 37.3 Å². The first kappa shape index (κ1) is 13.5. The van der Waals surface area contributed by atoms with E-state index in [4.69, 9.17) is 0 Å². The van der Waals surface area contributed by atoms with Gasteiger partial charge in [0.05, 0.1) is 0 Å². The average molecular weight is 248 g/mol. The van der Waals surface area contributed by atoms with Gasteiger partial charge in [-0.05, 0) is 31.3 Å². The van der Waals surface area contributed by atoms with Crippen LogP contribution in [0.25, 0.3) is 0 Å². The van der Waals surface area contributed by atoms with E-state index < -0.39 is 0 Å². The summed E-state index contributed by atoms with van der Waals surface area (Å²) in [6, 6.07) is 0. The van der Waals surface area contributed by atoms with Crippen molar-refractivity contribution in [2.24, 2.45) is 17.3 Å². The van der Waals surface area contributed by atoms with E-state index in [0.717, 1.165) is 24.8 Å². The predicted octanol–water partition coefficient (Wildman–Crippen LogP) is 3.27. The lowest BCUT2D eigenvalue weighted by Crippen LogP contribution is -2.24. The Kier molecular flexibility index (Phi) is 3.50. The zero-order valence-electron chi connectivity index (χ0n) is 11.9. The zero-order chi connectivity index (χ0) is 13.5. The summed E-state index contributed by atoms with van der Waals surface area (Å²) >= 11 is 0. The van der Waals surface area contributed by atoms with Crippen LogP contribution in [0.3, 0.4) is 0 Å². The second-order valence-corrected chi connectivity index (χ2v) is 6.38. The van der Waals surface area contributed by atoms with Crippen molar-refractivity contribution in [2.45, 2.75) is 47.0 Å². The number of aliphatic hydroxyl groups excluding tert-OH is 1. The van der Waals surface area contributed by atoms with E-state index in [-0.39, 0.29) is 17.9 Å². The molecule has 0 aromatic heterocycles. The van der Waals surface area contributed by atoms with Gasteiger partial charge in [0, 0.05) is 23.5 Å². The van der Waals surface area contributed by atoms with Crippen LogP contribution in [0.1, 0.15) is 47.0 Å². The van der Waals surface area contributed by atoms with Crippen LogP contribution >= 0.6 is 0 Å². The minimum atomic E-state index is -0.260. The number of aliphatic hydroxyl groups is 1. The number of carbonyl (C=O) groups is 1. The van der Waals surface area contributed by atoms with Crippen LogP contribution in [0, 0.1) is 17.3 Å². The Labute approximate surface area is 110 Å². The molecule has 18 heavy (non-hydrogen) atoms. The van der Waals surface area contributed by atoms with Crippen molar-refractivity contribution in [3.63, 3.8) is 0 Å². The van der Waals surface area contributed by atoms with Crippen molar-refractivity contribution >= 4 is 5.78 Å². The lowest BCUT2D eigenvalue weighted by molar-refractivity contribution is -0.121. The van der Waals surface area contributed by atoms with Crippen LogP contribution in [0.2, 0.25) is 0 Å². The number of rotatable bonds is 3. The van der Waals surface area contributed by atoms with Crippen LogP contribution in [0.4, 0.5) is 0 Å². The quantitative estimate of drug-likeness (QED) is 0.832. The monoisotopic (exact) mass is 248 g/mol. The molecule has 1 saturated carbocycles. The van der Waals surface area contributed by atoms with Crippen LogP contribution in [0.5, 0.6) is 0 Å². The van der Waals surface area contributed by atoms with Crippen molar-refractivity contribution in [1.29, 1.82) is 0 Å². The fraction of sp³-hybridized carbons (Fsp3) is 0.688. The molecular weight excluding hydrogens is 224 g/mol. The fourth-order valence-corrected chi connectivity index (χ4v) is 3.51. The SMILES string of the molecule is CCCC1C(C)=C2C(=O)C(C)(C)CC2=CC1CO. The average Bonchev–Trinajstić information content (AvgIpc) is 2.53. The van der Waals surface area contributed by atoms with E-state index in [1.165, 1.54) is 11.1 Å². The Balaban J connectivity index is 2.45. The number of Topliss-reactive ketones (excluding diaryl/α,β-unsaturated/α-hetero) is 1. The molecule has 2 rings (SSSR count). The van der Waals surface area contributed by atoms with Gasteiger partial charge in [0.15, 0.2) is 5.78 Å². The molecule has 0 aromatic carbocycles. The molecule has 0 heterocycles. The van der Waals surface area contributed by atoms with Crippen molar-refractivity contribution in [3.8, 4) is 0 Å². The number of carbonyl (C=O) groups excluding carboxylic acids is 1. The molecule has 2 unspecified atom stereocenters. The Bertz CT molecular complexity index is 426. The molecule has 0 aromatic rings. The summed E-state index contributed by atoms with van der Waals surface area (Å²) in [5, 5.41) is 9.57. The first-order chi connectivity index (χ1) is 8.42. The summed E-state index contributed by atoms with van der Waals surface area (Å²) < 4.78 is 0. The van der Waals surface area contributed by atoms with Gasteiger partial charge in [-0.3, -0.25) is 4.79 Å². The molecule has 0 bridgehead atoms. The first-order valence-corrected chi connectivity index (χ1v) is 7.00. The Morgan fingerprint density at radius 1 is 1.44 bits per heavy atom. The maximum Gasteiger partial charge on any atom is 0.168 e. The smallest absolute Gasteiger partial charge is 0.168 e. The molecule has 100 valence electrons. The van der Waals surface area contributed by atoms with E-state index in [9.17, 15) is 9.90 Å². The van der Waals surface area contributed by atoms with Crippen LogP contribution in [0.15, 0.2) is 22.8 Å². The number of hydrogen-bond donors (Lipinski definition) is 1. The predicted molar refractivity (Wildman–Crippen MR) is 73.2 cm³/mol. The summed E-state index contributed by atoms with van der Waals surface area (Å²) in [5.74, 6) is 0.839. The Morgan fingerprint density at radius 3 is 2.67 bits per heavy atom. The second kappa shape index (κ2) is 4.65. The molecule has 0 saturated heterocycles. The van der Waals surface area contributed by atoms with Gasteiger partial charge < -0.3 is 5.11 Å². The number of fused-ring (bicyclic) bond motifs is 1. The second-order valence-electron chi connectivity index (χ2n) is 6.38. The number of hydrogen-bond acceptors (Lipinski definition) is 2. The summed E-state index contributed by atoms with van der Waals surface area (Å²) in [7, 11) is 0. The molecule has 0 amide bonds. The normalized spacial score (nSPS) is 30.5. The van der Waals surface area contributed by atoms with E-state index in [2.05, 4.69) is 19.9 Å². The molecule has 2 nitrogen and oxygen atoms in total. The maximum atomic E-state index is 12.5. The van der Waals surface area contributed by atoms with Crippen LogP contribution in [-0.4, -0.2) is 17.5 Å². The fourth-order valence-electron chi connectivity index (χ4n) is 3.51. The highest BCUT2D eigenvalue weighted by molar-refractivity contribution is 6.07. The third-order valence-electron chi connectivity index (χ3n) is 4.49. The first-order valence-electron chi connectivity index (χ1n) is 7.00. The largest absolute Gasteiger partial charge is 0.396 e. The van der Waals surface area contributed by atoms with Gasteiger partial charge in [0.1, 0.15) is 0 Å². The minimum absolute atomic E-state index is 0.188. The molecule has 2 aliphatic carbocycles. The highest BCUT2D eigenvalue weighted by Gasteiger charge is 2.44. The maximum absolute atomic E-state index is 12.5. The summed E-state index contributed by atoms with van der Waals surface area (Å²) in [5.41, 5.74) is 3.10. The molecule has 0 radical (unpaired) electrons. The van der Waals surface area contributed by atoms with Gasteiger partial charge in [-0.2, -0.15) is 0 Å². The lowest BCUT2D eigenvalue weighted by Gasteiger charge is -2.30. The van der Waals surface area contributed by atoms with Crippen molar-refractivity contribution in [1.82, 2.24) is 0 Å². The van der Waals surface area contributed by atoms with Gasteiger partial charge in [-0.15, -0.1) is 0 Å². The van der Waals surface area contributed by atoms with Crippen LogP contribution in [-0.2, 0) is 4.79 Å². The lowest BCUT2D eigenvalue weighted by atomic mass is 9.75. The van der Waals surface area contributed by atoms with E-state index in [1.807, 2.05) is 13.8 Å². The summed E-state index contributed by atoms with van der Waals surface area (Å²) in [6.45, 7) is 8.49. The molecule has 2 aliphatic rings.